The molecule has 2 N–H and O–H groups in total. The van der Waals surface area contributed by atoms with Gasteiger partial charge in [0.2, 0.25) is 5.91 Å². The number of piperidine rings is 1. The Hall–Kier alpha value is -1.73. The Labute approximate surface area is 193 Å². The lowest BCUT2D eigenvalue weighted by molar-refractivity contribution is -0.117. The molecule has 2 aliphatic carbocycles. The summed E-state index contributed by atoms with van der Waals surface area (Å²) in [6.45, 7) is 4.93. The van der Waals surface area contributed by atoms with Gasteiger partial charge < -0.3 is 15.2 Å². The molecule has 3 heterocycles. The van der Waals surface area contributed by atoms with Gasteiger partial charge in [-0.05, 0) is 92.6 Å². The lowest BCUT2D eigenvalue weighted by Crippen LogP contribution is -2.56. The zero-order valence-corrected chi connectivity index (χ0v) is 19.2. The van der Waals surface area contributed by atoms with Crippen LogP contribution in [0.5, 0.6) is 0 Å². The average molecular weight is 456 g/mol. The fraction of sp³-hybridized carbons (Fsp3) is 0.600. The second kappa shape index (κ2) is 7.39. The number of carbonyl (C=O) groups excluding carboxylic acids is 1. The number of hydrogen-bond donors (Lipinski definition) is 2. The first-order valence-electron chi connectivity index (χ1n) is 11.8. The number of aliphatic hydroxyl groups excluding tert-OH is 1. The minimum atomic E-state index is -0.435. The molecule has 0 radical (unpaired) electrons. The highest BCUT2D eigenvalue weighted by Crippen LogP contribution is 2.70. The van der Waals surface area contributed by atoms with Gasteiger partial charge in [0.15, 0.2) is 0 Å². The van der Waals surface area contributed by atoms with Crippen LogP contribution in [0.3, 0.4) is 0 Å². The number of aromatic nitrogens is 1. The number of amides is 1. The maximum absolute atomic E-state index is 12.5. The number of nitrogens with one attached hydrogen (secondary N) is 1. The fourth-order valence-electron chi connectivity index (χ4n) is 5.87. The van der Waals surface area contributed by atoms with Crippen molar-refractivity contribution in [2.75, 3.05) is 31.6 Å². The number of rotatable bonds is 4. The summed E-state index contributed by atoms with van der Waals surface area (Å²) in [5, 5.41) is 16.2. The molecule has 4 aliphatic rings. The Morgan fingerprint density at radius 1 is 1.25 bits per heavy atom. The van der Waals surface area contributed by atoms with Crippen LogP contribution >= 0.6 is 11.6 Å². The molecule has 170 valence electrons. The van der Waals surface area contributed by atoms with Crippen molar-refractivity contribution in [3.8, 4) is 0 Å². The van der Waals surface area contributed by atoms with Crippen molar-refractivity contribution in [1.82, 2.24) is 9.88 Å². The van der Waals surface area contributed by atoms with Crippen LogP contribution in [-0.4, -0.2) is 58.8 Å². The summed E-state index contributed by atoms with van der Waals surface area (Å²) in [4.78, 5) is 19.3. The normalized spacial score (nSPS) is 31.8. The van der Waals surface area contributed by atoms with Gasteiger partial charge in [0, 0.05) is 22.5 Å². The van der Waals surface area contributed by atoms with Crippen LogP contribution in [0.4, 0.5) is 5.82 Å². The second-order valence-electron chi connectivity index (χ2n) is 10.5. The minimum absolute atomic E-state index is 0.113. The lowest BCUT2D eigenvalue weighted by Gasteiger charge is -2.43. The lowest BCUT2D eigenvalue weighted by atomic mass is 9.85. The SMILES string of the molecule is C[C@@]1(N2CCC(c3cc4cc(NC(=O)[C@H]5CC56CC6)ncc4cc3Cl)CC2)COC[C@@H]1O. The van der Waals surface area contributed by atoms with Crippen LogP contribution in [0.1, 0.15) is 50.5 Å². The Morgan fingerprint density at radius 3 is 2.69 bits per heavy atom. The van der Waals surface area contributed by atoms with E-state index in [0.717, 1.165) is 53.7 Å². The van der Waals surface area contributed by atoms with Gasteiger partial charge in [0.1, 0.15) is 5.82 Å². The van der Waals surface area contributed by atoms with E-state index in [4.69, 9.17) is 16.3 Å². The van der Waals surface area contributed by atoms with E-state index >= 15 is 0 Å². The molecule has 32 heavy (non-hydrogen) atoms. The summed E-state index contributed by atoms with van der Waals surface area (Å²) < 4.78 is 5.53. The number of aliphatic hydroxyl groups is 1. The average Bonchev–Trinajstić information content (AvgIpc) is 3.70. The van der Waals surface area contributed by atoms with Crippen LogP contribution in [0.15, 0.2) is 24.4 Å². The molecule has 3 atom stereocenters. The van der Waals surface area contributed by atoms with Crippen LogP contribution < -0.4 is 5.32 Å². The number of hydrogen-bond acceptors (Lipinski definition) is 5. The summed E-state index contributed by atoms with van der Waals surface area (Å²) in [6, 6.07) is 6.13. The highest BCUT2D eigenvalue weighted by Gasteiger charge is 2.65. The Bertz CT molecular complexity index is 1080. The maximum Gasteiger partial charge on any atom is 0.229 e. The van der Waals surface area contributed by atoms with Gasteiger partial charge in [-0.25, -0.2) is 4.98 Å². The summed E-state index contributed by atoms with van der Waals surface area (Å²) in [7, 11) is 0. The Balaban J connectivity index is 1.18. The minimum Gasteiger partial charge on any atom is -0.389 e. The largest absolute Gasteiger partial charge is 0.389 e. The standard InChI is InChI=1S/C25H30ClN3O3/c1-24(14-32-13-21(24)30)29-6-2-15(3-7-29)18-8-16-10-22(27-12-17(16)9-20(18)26)28-23(31)19-11-25(19)4-5-25/h8-10,12,15,19,21,30H,2-7,11,13-14H2,1H3,(H,27,28,31)/t19-,21+,24-/m1/s1. The molecule has 4 fully saturated rings. The summed E-state index contributed by atoms with van der Waals surface area (Å²) in [6.07, 6.45) is 6.77. The number of carbonyl (C=O) groups is 1. The van der Waals surface area contributed by atoms with Gasteiger partial charge in [-0.1, -0.05) is 11.6 Å². The van der Waals surface area contributed by atoms with Crippen LogP contribution in [0.25, 0.3) is 10.8 Å². The van der Waals surface area contributed by atoms with Gasteiger partial charge in [-0.2, -0.15) is 0 Å². The molecular weight excluding hydrogens is 426 g/mol. The molecule has 0 unspecified atom stereocenters. The van der Waals surface area contributed by atoms with E-state index in [1.54, 1.807) is 6.20 Å². The zero-order chi connectivity index (χ0) is 22.1. The number of benzene rings is 1. The smallest absolute Gasteiger partial charge is 0.229 e. The third kappa shape index (κ3) is 3.43. The van der Waals surface area contributed by atoms with Gasteiger partial charge >= 0.3 is 0 Å². The number of pyridine rings is 1. The van der Waals surface area contributed by atoms with Crippen LogP contribution in [0.2, 0.25) is 5.02 Å². The van der Waals surface area contributed by atoms with Gasteiger partial charge in [-0.3, -0.25) is 9.69 Å². The molecule has 1 aromatic carbocycles. The molecule has 1 spiro atoms. The molecule has 2 saturated heterocycles. The molecular formula is C25H30ClN3O3. The van der Waals surface area contributed by atoms with Gasteiger partial charge in [0.25, 0.3) is 0 Å². The van der Waals surface area contributed by atoms with E-state index in [2.05, 4.69) is 28.2 Å². The Kier molecular flexibility index (Phi) is 4.81. The quantitative estimate of drug-likeness (QED) is 0.730. The van der Waals surface area contributed by atoms with Crippen molar-refractivity contribution < 1.29 is 14.6 Å². The predicted octanol–water partition coefficient (Wildman–Crippen LogP) is 3.96. The summed E-state index contributed by atoms with van der Waals surface area (Å²) >= 11 is 6.69. The third-order valence-electron chi connectivity index (χ3n) is 8.53. The van der Waals surface area contributed by atoms with Crippen molar-refractivity contribution >= 4 is 34.1 Å². The van der Waals surface area contributed by atoms with Crippen LogP contribution in [0, 0.1) is 11.3 Å². The zero-order valence-electron chi connectivity index (χ0n) is 18.4. The first kappa shape index (κ1) is 20.8. The summed E-state index contributed by atoms with van der Waals surface area (Å²) in [5.74, 6) is 1.29. The molecule has 1 aromatic heterocycles. The first-order chi connectivity index (χ1) is 15.4. The van der Waals surface area contributed by atoms with Crippen molar-refractivity contribution in [3.05, 3.63) is 35.0 Å². The highest BCUT2D eigenvalue weighted by atomic mass is 35.5. The molecule has 2 aliphatic heterocycles. The van der Waals surface area contributed by atoms with E-state index in [0.29, 0.717) is 30.4 Å². The van der Waals surface area contributed by atoms with E-state index in [1.807, 2.05) is 12.1 Å². The molecule has 6 nitrogen and oxygen atoms in total. The van der Waals surface area contributed by atoms with E-state index in [9.17, 15) is 9.90 Å². The monoisotopic (exact) mass is 455 g/mol. The van der Waals surface area contributed by atoms with E-state index < -0.39 is 6.10 Å². The number of ether oxygens (including phenoxy) is 1. The van der Waals surface area contributed by atoms with Crippen molar-refractivity contribution in [3.63, 3.8) is 0 Å². The molecule has 7 heteroatoms. The third-order valence-corrected chi connectivity index (χ3v) is 8.86. The van der Waals surface area contributed by atoms with Crippen molar-refractivity contribution in [1.29, 1.82) is 0 Å². The van der Waals surface area contributed by atoms with E-state index in [-0.39, 0.29) is 17.4 Å². The molecule has 6 rings (SSSR count). The van der Waals surface area contributed by atoms with Crippen molar-refractivity contribution in [2.45, 2.75) is 56.6 Å². The molecule has 2 aromatic rings. The topological polar surface area (TPSA) is 74.7 Å². The predicted molar refractivity (Wildman–Crippen MR) is 124 cm³/mol. The highest BCUT2D eigenvalue weighted by molar-refractivity contribution is 6.32. The maximum atomic E-state index is 12.5. The number of anilines is 1. The summed E-state index contributed by atoms with van der Waals surface area (Å²) in [5.41, 5.74) is 1.21. The van der Waals surface area contributed by atoms with Gasteiger partial charge in [0.05, 0.1) is 24.9 Å². The fourth-order valence-corrected chi connectivity index (χ4v) is 6.19. The number of fused-ring (bicyclic) bond motifs is 1. The molecule has 1 amide bonds. The van der Waals surface area contributed by atoms with Gasteiger partial charge in [-0.15, -0.1) is 0 Å². The number of halogens is 1. The van der Waals surface area contributed by atoms with Crippen molar-refractivity contribution in [2.24, 2.45) is 11.3 Å². The Morgan fingerprint density at radius 2 is 2.03 bits per heavy atom. The van der Waals surface area contributed by atoms with Crippen LogP contribution in [-0.2, 0) is 9.53 Å². The molecule has 0 bridgehead atoms. The number of likely N-dealkylation sites (tertiary alicyclic amines) is 1. The first-order valence-corrected chi connectivity index (χ1v) is 12.2. The van der Waals surface area contributed by atoms with E-state index in [1.165, 1.54) is 12.8 Å². The molecule has 2 saturated carbocycles. The second-order valence-corrected chi connectivity index (χ2v) is 11.0. The number of nitrogens with zero attached hydrogens (tertiary/aromatic N) is 2.